The van der Waals surface area contributed by atoms with Gasteiger partial charge in [0.1, 0.15) is 0 Å². The van der Waals surface area contributed by atoms with Crippen molar-refractivity contribution < 1.29 is 0 Å². The minimum Gasteiger partial charge on any atom is -0.310 e. The van der Waals surface area contributed by atoms with Crippen LogP contribution in [0.3, 0.4) is 0 Å². The molecular formula is C9H19N. The number of hydrogen-bond donors (Lipinski definition) is 1. The van der Waals surface area contributed by atoms with Gasteiger partial charge in [-0.2, -0.15) is 0 Å². The lowest BCUT2D eigenvalue weighted by molar-refractivity contribution is 0.488. The van der Waals surface area contributed by atoms with E-state index in [-0.39, 0.29) is 0 Å². The van der Waals surface area contributed by atoms with Crippen molar-refractivity contribution in [2.24, 2.45) is 0 Å². The highest BCUT2D eigenvalue weighted by Crippen LogP contribution is 1.95. The van der Waals surface area contributed by atoms with Gasteiger partial charge in [-0.15, -0.1) is 6.92 Å². The van der Waals surface area contributed by atoms with Crippen LogP contribution in [0, 0.1) is 13.3 Å². The van der Waals surface area contributed by atoms with Crippen molar-refractivity contribution >= 4 is 0 Å². The molecule has 0 aliphatic carbocycles. The molecule has 1 heteroatoms. The monoisotopic (exact) mass is 141 g/mol. The Morgan fingerprint density at radius 1 is 1.40 bits per heavy atom. The summed E-state index contributed by atoms with van der Waals surface area (Å²) in [4.78, 5) is 0. The largest absolute Gasteiger partial charge is 0.310 e. The fourth-order valence-corrected chi connectivity index (χ4v) is 0.967. The molecule has 0 radical (unpaired) electrons. The van der Waals surface area contributed by atoms with E-state index in [1.54, 1.807) is 0 Å². The predicted molar refractivity (Wildman–Crippen MR) is 46.6 cm³/mol. The molecule has 0 saturated carbocycles. The lowest BCUT2D eigenvalue weighted by Crippen LogP contribution is -2.28. The molecule has 10 heavy (non-hydrogen) atoms. The Morgan fingerprint density at radius 2 is 2.00 bits per heavy atom. The van der Waals surface area contributed by atoms with E-state index in [0.717, 1.165) is 13.0 Å². The van der Waals surface area contributed by atoms with Crippen LogP contribution in [0.1, 0.15) is 33.1 Å². The van der Waals surface area contributed by atoms with E-state index >= 15 is 0 Å². The molecule has 1 N–H and O–H groups in total. The van der Waals surface area contributed by atoms with Crippen molar-refractivity contribution in [3.05, 3.63) is 13.3 Å². The Hall–Kier alpha value is -0.170. The highest BCUT2D eigenvalue weighted by atomic mass is 14.9. The minimum absolute atomic E-state index is 0.708. The van der Waals surface area contributed by atoms with E-state index in [9.17, 15) is 0 Å². The second-order valence-corrected chi connectivity index (χ2v) is 2.54. The molecule has 0 aromatic heterocycles. The van der Waals surface area contributed by atoms with Crippen LogP contribution in [-0.2, 0) is 0 Å². The normalized spacial score (nSPS) is 10.4. The number of unbranched alkanes of at least 4 members (excludes halogenated alkanes) is 1. The molecule has 0 unspecified atom stereocenters. The van der Waals surface area contributed by atoms with E-state index < -0.39 is 0 Å². The molecule has 0 heterocycles. The molecule has 0 amide bonds. The lowest BCUT2D eigenvalue weighted by Gasteiger charge is -2.12. The first kappa shape index (κ1) is 9.83. The maximum absolute atomic E-state index is 3.67. The zero-order valence-corrected chi connectivity index (χ0v) is 7.19. The highest BCUT2D eigenvalue weighted by Gasteiger charge is 1.99. The smallest absolute Gasteiger partial charge is 0.0694 e. The first-order valence-corrected chi connectivity index (χ1v) is 4.19. The van der Waals surface area contributed by atoms with Gasteiger partial charge in [0, 0.05) is 12.6 Å². The predicted octanol–water partition coefficient (Wildman–Crippen LogP) is 2.19. The Bertz CT molecular complexity index is 57.7. The minimum atomic E-state index is 0.708. The van der Waals surface area contributed by atoms with Crippen molar-refractivity contribution in [2.45, 2.75) is 39.2 Å². The zero-order chi connectivity index (χ0) is 7.82. The van der Waals surface area contributed by atoms with Crippen LogP contribution >= 0.6 is 0 Å². The average Bonchev–Trinajstić information content (AvgIpc) is 1.99. The molecule has 0 aromatic carbocycles. The molecule has 1 nitrogen and oxygen atoms in total. The van der Waals surface area contributed by atoms with E-state index in [2.05, 4.69) is 26.1 Å². The second-order valence-electron chi connectivity index (χ2n) is 2.54. The molecule has 0 rings (SSSR count). The average molecular weight is 141 g/mol. The molecule has 0 atom stereocenters. The molecule has 0 aliphatic heterocycles. The molecular weight excluding hydrogens is 122 g/mol. The van der Waals surface area contributed by atoms with Crippen molar-refractivity contribution in [3.63, 3.8) is 0 Å². The van der Waals surface area contributed by atoms with Gasteiger partial charge in [-0.1, -0.05) is 20.3 Å². The fraction of sp³-hybridized carbons (Fsp3) is 0.778. The van der Waals surface area contributed by atoms with Crippen LogP contribution in [0.5, 0.6) is 0 Å². The zero-order valence-electron chi connectivity index (χ0n) is 7.19. The first-order chi connectivity index (χ1) is 4.85. The third-order valence-corrected chi connectivity index (χ3v) is 1.77. The summed E-state index contributed by atoms with van der Waals surface area (Å²) < 4.78 is 0. The summed E-state index contributed by atoms with van der Waals surface area (Å²) >= 11 is 0. The molecule has 0 fully saturated rings. The lowest BCUT2D eigenvalue weighted by atomic mass is 10.1. The first-order valence-electron chi connectivity index (χ1n) is 4.19. The number of rotatable bonds is 6. The van der Waals surface area contributed by atoms with Crippen molar-refractivity contribution in [3.8, 4) is 0 Å². The topological polar surface area (TPSA) is 12.0 Å². The molecule has 0 saturated heterocycles. The molecule has 0 aromatic rings. The summed E-state index contributed by atoms with van der Waals surface area (Å²) in [5, 5.41) is 3.45. The summed E-state index contributed by atoms with van der Waals surface area (Å²) in [7, 11) is 0. The van der Waals surface area contributed by atoms with Gasteiger partial charge in [-0.05, 0) is 12.8 Å². The summed E-state index contributed by atoms with van der Waals surface area (Å²) in [5.74, 6) is 0. The summed E-state index contributed by atoms with van der Waals surface area (Å²) in [5.41, 5.74) is 0. The van der Waals surface area contributed by atoms with Gasteiger partial charge < -0.3 is 5.32 Å². The van der Waals surface area contributed by atoms with Crippen LogP contribution in [0.2, 0.25) is 0 Å². The second kappa shape index (κ2) is 6.94. The SMILES string of the molecule is [CH2-][CH+]CCNC(CC)CC. The Kier molecular flexibility index (Phi) is 6.83. The Labute approximate surface area is 65.2 Å². The van der Waals surface area contributed by atoms with Gasteiger partial charge in [0.15, 0.2) is 0 Å². The standard InChI is InChI=1S/C9H19N/c1-4-7-8-10-9(5-2)6-3/h4,9-10H,1,5-8H2,2-3H3. The van der Waals surface area contributed by atoms with Crippen LogP contribution in [0.15, 0.2) is 0 Å². The van der Waals surface area contributed by atoms with Crippen molar-refractivity contribution in [2.75, 3.05) is 6.54 Å². The van der Waals surface area contributed by atoms with Crippen molar-refractivity contribution in [1.82, 2.24) is 5.32 Å². The highest BCUT2D eigenvalue weighted by molar-refractivity contribution is 4.70. The van der Waals surface area contributed by atoms with E-state index in [1.807, 2.05) is 6.42 Å². The quantitative estimate of drug-likeness (QED) is 0.441. The van der Waals surface area contributed by atoms with E-state index in [1.165, 1.54) is 12.8 Å². The fourth-order valence-electron chi connectivity index (χ4n) is 0.967. The third-order valence-electron chi connectivity index (χ3n) is 1.77. The van der Waals surface area contributed by atoms with Gasteiger partial charge in [-0.3, -0.25) is 0 Å². The van der Waals surface area contributed by atoms with Gasteiger partial charge >= 0.3 is 0 Å². The van der Waals surface area contributed by atoms with Crippen LogP contribution in [0.4, 0.5) is 0 Å². The van der Waals surface area contributed by atoms with Gasteiger partial charge in [0.2, 0.25) is 0 Å². The maximum Gasteiger partial charge on any atom is 0.0694 e. The third kappa shape index (κ3) is 4.68. The van der Waals surface area contributed by atoms with Gasteiger partial charge in [0.05, 0.1) is 6.42 Å². The van der Waals surface area contributed by atoms with Crippen LogP contribution in [-0.4, -0.2) is 12.6 Å². The van der Waals surface area contributed by atoms with Crippen molar-refractivity contribution in [1.29, 1.82) is 0 Å². The van der Waals surface area contributed by atoms with E-state index in [0.29, 0.717) is 6.04 Å². The number of nitrogens with one attached hydrogen (secondary N) is 1. The molecule has 0 aliphatic rings. The van der Waals surface area contributed by atoms with Gasteiger partial charge in [-0.25, -0.2) is 0 Å². The Morgan fingerprint density at radius 3 is 2.40 bits per heavy atom. The van der Waals surface area contributed by atoms with Gasteiger partial charge in [0.25, 0.3) is 0 Å². The summed E-state index contributed by atoms with van der Waals surface area (Å²) in [6.07, 6.45) is 5.49. The number of hydrogen-bond acceptors (Lipinski definition) is 1. The summed E-state index contributed by atoms with van der Waals surface area (Å²) in [6, 6.07) is 0.708. The molecule has 0 spiro atoms. The molecule has 60 valence electrons. The summed E-state index contributed by atoms with van der Waals surface area (Å²) in [6.45, 7) is 9.18. The van der Waals surface area contributed by atoms with Crippen LogP contribution < -0.4 is 5.32 Å². The maximum atomic E-state index is 3.67. The molecule has 0 bridgehead atoms. The Balaban J connectivity index is 3.09. The van der Waals surface area contributed by atoms with Crippen LogP contribution in [0.25, 0.3) is 0 Å². The van der Waals surface area contributed by atoms with E-state index in [4.69, 9.17) is 0 Å².